The van der Waals surface area contributed by atoms with Gasteiger partial charge in [0, 0.05) is 11.1 Å². The Hall–Kier alpha value is -3.22. The molecule has 0 radical (unpaired) electrons. The number of nitrogens with zero attached hydrogens (tertiary/aromatic N) is 1. The second kappa shape index (κ2) is 8.05. The zero-order valence-corrected chi connectivity index (χ0v) is 13.7. The lowest BCUT2D eigenvalue weighted by atomic mass is 9.96. The van der Waals surface area contributed by atoms with Crippen LogP contribution in [0.3, 0.4) is 0 Å². The highest BCUT2D eigenvalue weighted by atomic mass is 17.0. The summed E-state index contributed by atoms with van der Waals surface area (Å²) in [5, 5.41) is 9.21. The van der Waals surface area contributed by atoms with Crippen molar-refractivity contribution < 1.29 is 24.3 Å². The van der Waals surface area contributed by atoms with E-state index in [1.807, 2.05) is 6.07 Å². The smallest absolute Gasteiger partial charge is 0.315 e. The van der Waals surface area contributed by atoms with Crippen LogP contribution >= 0.6 is 0 Å². The molecule has 7 heteroatoms. The Morgan fingerprint density at radius 1 is 1.00 bits per heavy atom. The van der Waals surface area contributed by atoms with Crippen LogP contribution < -0.4 is 0 Å². The number of carbonyl (C=O) groups is 2. The second-order valence-corrected chi connectivity index (χ2v) is 5.38. The number of carbonyl (C=O) groups excluding carboxylic acids is 2. The lowest BCUT2D eigenvalue weighted by Crippen LogP contribution is -2.24. The van der Waals surface area contributed by atoms with Crippen LogP contribution in [0.1, 0.15) is 41.3 Å². The van der Waals surface area contributed by atoms with Crippen molar-refractivity contribution in [3.8, 4) is 0 Å². The van der Waals surface area contributed by atoms with Crippen molar-refractivity contribution >= 4 is 11.8 Å². The van der Waals surface area contributed by atoms with Gasteiger partial charge in [-0.1, -0.05) is 48.5 Å². The number of esters is 1. The van der Waals surface area contributed by atoms with Gasteiger partial charge in [0.2, 0.25) is 6.29 Å². The standard InChI is InChI=1S/C18H17NO6/c1-12(18(21)24-13(2)25-19(22)23)15-9-6-10-16(11-15)17(20)14-7-4-3-5-8-14/h3-13H,1-2H3. The van der Waals surface area contributed by atoms with E-state index >= 15 is 0 Å². The first kappa shape index (κ1) is 18.1. The molecule has 0 bridgehead atoms. The van der Waals surface area contributed by atoms with Crippen LogP contribution in [-0.4, -0.2) is 23.1 Å². The van der Waals surface area contributed by atoms with E-state index in [9.17, 15) is 19.7 Å². The van der Waals surface area contributed by atoms with Gasteiger partial charge in [0.25, 0.3) is 5.09 Å². The molecular formula is C18H17NO6. The molecule has 2 aromatic carbocycles. The first-order valence-electron chi connectivity index (χ1n) is 7.60. The predicted octanol–water partition coefficient (Wildman–Crippen LogP) is 3.12. The minimum absolute atomic E-state index is 0.159. The summed E-state index contributed by atoms with van der Waals surface area (Å²) in [6, 6.07) is 15.4. The van der Waals surface area contributed by atoms with E-state index in [2.05, 4.69) is 4.84 Å². The Morgan fingerprint density at radius 3 is 2.28 bits per heavy atom. The first-order valence-corrected chi connectivity index (χ1v) is 7.60. The average molecular weight is 343 g/mol. The van der Waals surface area contributed by atoms with Crippen molar-refractivity contribution in [2.24, 2.45) is 0 Å². The number of hydrogen-bond donors (Lipinski definition) is 0. The highest BCUT2D eigenvalue weighted by molar-refractivity contribution is 6.09. The van der Waals surface area contributed by atoms with Crippen molar-refractivity contribution in [1.29, 1.82) is 0 Å². The van der Waals surface area contributed by atoms with Gasteiger partial charge in [-0.05, 0) is 25.5 Å². The van der Waals surface area contributed by atoms with E-state index in [0.717, 1.165) is 0 Å². The van der Waals surface area contributed by atoms with Crippen molar-refractivity contribution in [3.05, 3.63) is 81.4 Å². The number of benzene rings is 2. The zero-order valence-electron chi connectivity index (χ0n) is 13.7. The lowest BCUT2D eigenvalue weighted by Gasteiger charge is -2.16. The van der Waals surface area contributed by atoms with Crippen LogP contribution in [0.2, 0.25) is 0 Å². The molecule has 2 aromatic rings. The maximum Gasteiger partial charge on any atom is 0.315 e. The molecule has 0 amide bonds. The lowest BCUT2D eigenvalue weighted by molar-refractivity contribution is -0.777. The van der Waals surface area contributed by atoms with E-state index in [4.69, 9.17) is 4.74 Å². The van der Waals surface area contributed by atoms with Gasteiger partial charge >= 0.3 is 5.97 Å². The van der Waals surface area contributed by atoms with Gasteiger partial charge < -0.3 is 4.74 Å². The van der Waals surface area contributed by atoms with Gasteiger partial charge in [-0.3, -0.25) is 14.4 Å². The van der Waals surface area contributed by atoms with E-state index in [1.54, 1.807) is 55.5 Å². The van der Waals surface area contributed by atoms with E-state index < -0.39 is 23.3 Å². The highest BCUT2D eigenvalue weighted by Gasteiger charge is 2.22. The zero-order chi connectivity index (χ0) is 18.4. The molecule has 130 valence electrons. The monoisotopic (exact) mass is 343 g/mol. The summed E-state index contributed by atoms with van der Waals surface area (Å²) in [5.41, 5.74) is 1.56. The molecule has 2 atom stereocenters. The fourth-order valence-electron chi connectivity index (χ4n) is 2.25. The normalized spacial score (nSPS) is 12.7. The van der Waals surface area contributed by atoms with Crippen LogP contribution in [0.4, 0.5) is 0 Å². The predicted molar refractivity (Wildman–Crippen MR) is 88.4 cm³/mol. The summed E-state index contributed by atoms with van der Waals surface area (Å²) in [6.07, 6.45) is -1.31. The quantitative estimate of drug-likeness (QED) is 0.252. The largest absolute Gasteiger partial charge is 0.435 e. The molecule has 0 aromatic heterocycles. The third kappa shape index (κ3) is 4.87. The molecule has 25 heavy (non-hydrogen) atoms. The molecule has 0 saturated heterocycles. The summed E-state index contributed by atoms with van der Waals surface area (Å²) < 4.78 is 4.87. The van der Waals surface area contributed by atoms with Crippen molar-refractivity contribution in [1.82, 2.24) is 0 Å². The third-order valence-electron chi connectivity index (χ3n) is 3.55. The minimum Gasteiger partial charge on any atom is -0.435 e. The van der Waals surface area contributed by atoms with Crippen molar-refractivity contribution in [2.45, 2.75) is 26.1 Å². The highest BCUT2D eigenvalue weighted by Crippen LogP contribution is 2.20. The third-order valence-corrected chi connectivity index (χ3v) is 3.55. The Bertz CT molecular complexity index is 774. The van der Waals surface area contributed by atoms with Gasteiger partial charge in [0.05, 0.1) is 5.92 Å². The van der Waals surface area contributed by atoms with Crippen LogP contribution in [0, 0.1) is 10.1 Å². The first-order chi connectivity index (χ1) is 11.9. The number of ketones is 1. The van der Waals surface area contributed by atoms with Gasteiger partial charge in [-0.15, -0.1) is 10.1 Å². The minimum atomic E-state index is -1.31. The molecule has 0 saturated carbocycles. The Morgan fingerprint density at radius 2 is 1.64 bits per heavy atom. The molecular weight excluding hydrogens is 326 g/mol. The Labute approximate surface area is 144 Å². The number of rotatable bonds is 7. The van der Waals surface area contributed by atoms with E-state index in [1.165, 1.54) is 6.92 Å². The summed E-state index contributed by atoms with van der Waals surface area (Å²) in [5.74, 6) is -1.55. The van der Waals surface area contributed by atoms with Crippen LogP contribution in [0.25, 0.3) is 0 Å². The van der Waals surface area contributed by atoms with Gasteiger partial charge in [-0.25, -0.2) is 0 Å². The second-order valence-electron chi connectivity index (χ2n) is 5.38. The average Bonchev–Trinajstić information content (AvgIpc) is 2.60. The van der Waals surface area contributed by atoms with Crippen LogP contribution in [-0.2, 0) is 14.4 Å². The number of ether oxygens (including phenoxy) is 1. The molecule has 2 rings (SSSR count). The van der Waals surface area contributed by atoms with Gasteiger partial charge in [0.1, 0.15) is 0 Å². The SMILES string of the molecule is CC(OC(=O)C(C)c1cccc(C(=O)c2ccccc2)c1)O[N+](=O)[O-]. The topological polar surface area (TPSA) is 95.7 Å². The molecule has 0 aliphatic carbocycles. The molecule has 0 heterocycles. The van der Waals surface area contributed by atoms with Crippen LogP contribution in [0.15, 0.2) is 54.6 Å². The van der Waals surface area contributed by atoms with Crippen molar-refractivity contribution in [3.63, 3.8) is 0 Å². The molecule has 2 unspecified atom stereocenters. The van der Waals surface area contributed by atoms with Gasteiger partial charge in [0.15, 0.2) is 5.78 Å². The Kier molecular flexibility index (Phi) is 5.84. The van der Waals surface area contributed by atoms with E-state index in [-0.39, 0.29) is 5.78 Å². The number of hydrogen-bond acceptors (Lipinski definition) is 6. The molecule has 0 fully saturated rings. The molecule has 0 N–H and O–H groups in total. The van der Waals surface area contributed by atoms with Gasteiger partial charge in [-0.2, -0.15) is 0 Å². The fraction of sp³-hybridized carbons (Fsp3) is 0.222. The molecule has 0 spiro atoms. The molecule has 0 aliphatic heterocycles. The summed E-state index contributed by atoms with van der Waals surface area (Å²) in [4.78, 5) is 38.9. The summed E-state index contributed by atoms with van der Waals surface area (Å²) in [7, 11) is 0. The summed E-state index contributed by atoms with van der Waals surface area (Å²) >= 11 is 0. The van der Waals surface area contributed by atoms with Crippen LogP contribution in [0.5, 0.6) is 0 Å². The maximum atomic E-state index is 12.5. The Balaban J connectivity index is 2.13. The fourth-order valence-corrected chi connectivity index (χ4v) is 2.25. The maximum absolute atomic E-state index is 12.5. The molecule has 0 aliphatic rings. The summed E-state index contributed by atoms with van der Waals surface area (Å²) in [6.45, 7) is 2.84. The van der Waals surface area contributed by atoms with E-state index in [0.29, 0.717) is 16.7 Å². The van der Waals surface area contributed by atoms with Crippen molar-refractivity contribution in [2.75, 3.05) is 0 Å². The molecule has 7 nitrogen and oxygen atoms in total.